The minimum atomic E-state index is -0.155. The first-order valence-corrected chi connectivity index (χ1v) is 9.26. The Morgan fingerprint density at radius 3 is 2.76 bits per heavy atom. The van der Waals surface area contributed by atoms with E-state index in [2.05, 4.69) is 21.0 Å². The van der Waals surface area contributed by atoms with Gasteiger partial charge in [-0.05, 0) is 57.1 Å². The Morgan fingerprint density at radius 2 is 2.00 bits per heavy atom. The largest absolute Gasteiger partial charge is 0.477 e. The van der Waals surface area contributed by atoms with Gasteiger partial charge >= 0.3 is 0 Å². The van der Waals surface area contributed by atoms with Crippen molar-refractivity contribution in [2.75, 3.05) is 6.61 Å². The molecule has 5 heteroatoms. The van der Waals surface area contributed by atoms with Gasteiger partial charge in [-0.1, -0.05) is 6.07 Å². The lowest BCUT2D eigenvalue weighted by Gasteiger charge is -2.26. The van der Waals surface area contributed by atoms with Crippen molar-refractivity contribution >= 4 is 0 Å². The molecule has 0 amide bonds. The Bertz CT molecular complexity index is 714. The Labute approximate surface area is 148 Å². The molecule has 2 atom stereocenters. The number of ether oxygens (including phenoxy) is 1. The van der Waals surface area contributed by atoms with E-state index in [1.54, 1.807) is 0 Å². The molecule has 2 heterocycles. The predicted molar refractivity (Wildman–Crippen MR) is 94.6 cm³/mol. The zero-order valence-electron chi connectivity index (χ0n) is 14.6. The van der Waals surface area contributed by atoms with E-state index in [1.165, 1.54) is 0 Å². The highest BCUT2D eigenvalue weighted by molar-refractivity contribution is 5.29. The zero-order chi connectivity index (χ0) is 17.2. The number of aromatic nitrogens is 3. The monoisotopic (exact) mass is 339 g/mol. The second-order valence-electron chi connectivity index (χ2n) is 7.35. The maximum Gasteiger partial charge on any atom is 0.220 e. The van der Waals surface area contributed by atoms with E-state index in [4.69, 9.17) is 4.74 Å². The number of aliphatic hydroxyl groups excluding tert-OH is 1. The van der Waals surface area contributed by atoms with Crippen LogP contribution >= 0.6 is 0 Å². The van der Waals surface area contributed by atoms with Gasteiger partial charge in [-0.3, -0.25) is 4.98 Å². The number of hydrogen-bond donors (Lipinski definition) is 1. The summed E-state index contributed by atoms with van der Waals surface area (Å²) >= 11 is 0. The molecule has 132 valence electrons. The van der Waals surface area contributed by atoms with Crippen LogP contribution in [0.4, 0.5) is 0 Å². The highest BCUT2D eigenvalue weighted by Crippen LogP contribution is 2.47. The predicted octanol–water partition coefficient (Wildman–Crippen LogP) is 3.38. The molecule has 2 aliphatic rings. The van der Waals surface area contributed by atoms with Gasteiger partial charge in [-0.2, -0.15) is 4.98 Å². The number of pyridine rings is 1. The molecule has 2 aromatic heterocycles. The molecule has 2 fully saturated rings. The second kappa shape index (κ2) is 7.08. The summed E-state index contributed by atoms with van der Waals surface area (Å²) in [5.74, 6) is 2.90. The van der Waals surface area contributed by atoms with Crippen molar-refractivity contribution in [3.8, 4) is 5.88 Å². The normalized spacial score (nSPS) is 28.6. The summed E-state index contributed by atoms with van der Waals surface area (Å²) in [5.41, 5.74) is 2.27. The number of nitrogens with zero attached hydrogens (tertiary/aromatic N) is 3. The van der Waals surface area contributed by atoms with Crippen LogP contribution in [0.3, 0.4) is 0 Å². The van der Waals surface area contributed by atoms with E-state index in [0.717, 1.165) is 55.1 Å². The van der Waals surface area contributed by atoms with E-state index in [0.29, 0.717) is 24.4 Å². The second-order valence-corrected chi connectivity index (χ2v) is 7.35. The summed E-state index contributed by atoms with van der Waals surface area (Å²) in [6.07, 6.45) is 8.40. The lowest BCUT2D eigenvalue weighted by atomic mass is 9.83. The third kappa shape index (κ3) is 3.82. The average molecular weight is 339 g/mol. The molecule has 2 aliphatic carbocycles. The molecule has 0 unspecified atom stereocenters. The SMILES string of the molecule is Cc1ncc([C@H]2CC[C@H](O)CC2)c(OC[C@H]2C[C@@H]2c2ccccn2)n1. The van der Waals surface area contributed by atoms with Crippen molar-refractivity contribution in [1.82, 2.24) is 15.0 Å². The Kier molecular flexibility index (Phi) is 4.66. The van der Waals surface area contributed by atoms with Crippen molar-refractivity contribution in [1.29, 1.82) is 0 Å². The van der Waals surface area contributed by atoms with Crippen LogP contribution in [0.15, 0.2) is 30.6 Å². The molecule has 0 saturated heterocycles. The molecule has 0 spiro atoms. The van der Waals surface area contributed by atoms with Gasteiger partial charge in [0.1, 0.15) is 5.82 Å². The Hall–Kier alpha value is -2.01. The van der Waals surface area contributed by atoms with Crippen LogP contribution < -0.4 is 4.74 Å². The van der Waals surface area contributed by atoms with Crippen LogP contribution in [0.2, 0.25) is 0 Å². The molecular formula is C20H25N3O2. The average Bonchev–Trinajstić information content (AvgIpc) is 3.41. The minimum Gasteiger partial charge on any atom is -0.477 e. The van der Waals surface area contributed by atoms with Crippen LogP contribution in [0.1, 0.15) is 61.0 Å². The first kappa shape index (κ1) is 16.5. The van der Waals surface area contributed by atoms with Gasteiger partial charge in [0.05, 0.1) is 12.7 Å². The van der Waals surface area contributed by atoms with Gasteiger partial charge in [-0.15, -0.1) is 0 Å². The van der Waals surface area contributed by atoms with Crippen molar-refractivity contribution in [3.05, 3.63) is 47.7 Å². The molecule has 2 saturated carbocycles. The molecular weight excluding hydrogens is 314 g/mol. The summed E-state index contributed by atoms with van der Waals surface area (Å²) in [6, 6.07) is 6.09. The van der Waals surface area contributed by atoms with Crippen molar-refractivity contribution in [3.63, 3.8) is 0 Å². The first-order chi connectivity index (χ1) is 12.2. The van der Waals surface area contributed by atoms with E-state index in [9.17, 15) is 5.11 Å². The highest BCUT2D eigenvalue weighted by atomic mass is 16.5. The number of aliphatic hydroxyl groups is 1. The molecule has 4 rings (SSSR count). The summed E-state index contributed by atoms with van der Waals surface area (Å²) in [4.78, 5) is 13.4. The molecule has 0 radical (unpaired) electrons. The molecule has 0 aliphatic heterocycles. The van der Waals surface area contributed by atoms with Gasteiger partial charge < -0.3 is 9.84 Å². The zero-order valence-corrected chi connectivity index (χ0v) is 14.6. The number of rotatable bonds is 5. The fourth-order valence-corrected chi connectivity index (χ4v) is 3.82. The lowest BCUT2D eigenvalue weighted by Crippen LogP contribution is -2.18. The Morgan fingerprint density at radius 1 is 1.16 bits per heavy atom. The summed E-state index contributed by atoms with van der Waals surface area (Å²) < 4.78 is 6.13. The van der Waals surface area contributed by atoms with E-state index in [-0.39, 0.29) is 6.10 Å². The van der Waals surface area contributed by atoms with Crippen LogP contribution in [0, 0.1) is 12.8 Å². The Balaban J connectivity index is 1.41. The van der Waals surface area contributed by atoms with Gasteiger partial charge in [0, 0.05) is 35.5 Å². The molecule has 0 bridgehead atoms. The first-order valence-electron chi connectivity index (χ1n) is 9.26. The van der Waals surface area contributed by atoms with Gasteiger partial charge in [0.25, 0.3) is 0 Å². The van der Waals surface area contributed by atoms with Crippen molar-refractivity contribution in [2.45, 2.75) is 57.0 Å². The quantitative estimate of drug-likeness (QED) is 0.904. The van der Waals surface area contributed by atoms with Gasteiger partial charge in [-0.25, -0.2) is 4.98 Å². The van der Waals surface area contributed by atoms with E-state index >= 15 is 0 Å². The number of hydrogen-bond acceptors (Lipinski definition) is 5. The topological polar surface area (TPSA) is 68.1 Å². The van der Waals surface area contributed by atoms with Gasteiger partial charge in [0.15, 0.2) is 0 Å². The number of aryl methyl sites for hydroxylation is 1. The van der Waals surface area contributed by atoms with Crippen molar-refractivity contribution < 1.29 is 9.84 Å². The van der Waals surface area contributed by atoms with E-state index in [1.807, 2.05) is 31.5 Å². The lowest BCUT2D eigenvalue weighted by molar-refractivity contribution is 0.121. The molecule has 5 nitrogen and oxygen atoms in total. The molecule has 2 aromatic rings. The van der Waals surface area contributed by atoms with Crippen molar-refractivity contribution in [2.24, 2.45) is 5.92 Å². The van der Waals surface area contributed by atoms with E-state index < -0.39 is 0 Å². The summed E-state index contributed by atoms with van der Waals surface area (Å²) in [6.45, 7) is 2.58. The summed E-state index contributed by atoms with van der Waals surface area (Å²) in [5, 5.41) is 9.74. The third-order valence-corrected chi connectivity index (χ3v) is 5.46. The van der Waals surface area contributed by atoms with Gasteiger partial charge in [0.2, 0.25) is 5.88 Å². The van der Waals surface area contributed by atoms with Crippen LogP contribution in [0.5, 0.6) is 5.88 Å². The maximum atomic E-state index is 9.74. The smallest absolute Gasteiger partial charge is 0.220 e. The standard InChI is InChI=1S/C20H25N3O2/c1-13-22-11-18(14-5-7-16(24)8-6-14)20(23-13)25-12-15-10-17(15)19-4-2-3-9-21-19/h2-4,9,11,14-17,24H,5-8,10,12H2,1H3/t14-,15-,16-,17+/m1/s1. The fourth-order valence-electron chi connectivity index (χ4n) is 3.82. The van der Waals surface area contributed by atoms with Crippen LogP contribution in [-0.2, 0) is 0 Å². The van der Waals surface area contributed by atoms with Crippen LogP contribution in [0.25, 0.3) is 0 Å². The summed E-state index contributed by atoms with van der Waals surface area (Å²) in [7, 11) is 0. The maximum absolute atomic E-state index is 9.74. The third-order valence-electron chi connectivity index (χ3n) is 5.46. The van der Waals surface area contributed by atoms with Crippen LogP contribution in [-0.4, -0.2) is 32.8 Å². The molecule has 1 N–H and O–H groups in total. The fraction of sp³-hybridized carbons (Fsp3) is 0.550. The minimum absolute atomic E-state index is 0.155. The molecule has 25 heavy (non-hydrogen) atoms. The highest BCUT2D eigenvalue weighted by Gasteiger charge is 2.40. The molecule has 0 aromatic carbocycles.